The Balaban J connectivity index is 2.69. The summed E-state index contributed by atoms with van der Waals surface area (Å²) in [5.41, 5.74) is 0. The summed E-state index contributed by atoms with van der Waals surface area (Å²) in [6, 6.07) is -0.715. The maximum Gasteiger partial charge on any atom is 0.327 e. The van der Waals surface area contributed by atoms with Gasteiger partial charge in [0.15, 0.2) is 0 Å². The monoisotopic (exact) mass is 212 g/mol. The predicted octanol–water partition coefficient (Wildman–Crippen LogP) is 0.638. The highest BCUT2D eigenvalue weighted by atomic mass is 16.2. The molecule has 1 fully saturated rings. The highest BCUT2D eigenvalue weighted by Gasteiger charge is 2.40. The van der Waals surface area contributed by atoms with Gasteiger partial charge in [0.05, 0.1) is 0 Å². The Morgan fingerprint density at radius 2 is 2.00 bits per heavy atom. The number of carbonyl (C=O) groups is 3. The summed E-state index contributed by atoms with van der Waals surface area (Å²) in [6.07, 6.45) is 0.306. The minimum absolute atomic E-state index is 0.0254. The molecule has 0 radical (unpaired) electrons. The molecule has 0 saturated carbocycles. The molecule has 5 heteroatoms. The molecule has 1 heterocycles. The average Bonchev–Trinajstić information content (AvgIpc) is 2.36. The van der Waals surface area contributed by atoms with Gasteiger partial charge in [-0.2, -0.15) is 0 Å². The lowest BCUT2D eigenvalue weighted by Crippen LogP contribution is -2.35. The van der Waals surface area contributed by atoms with E-state index in [1.807, 2.05) is 0 Å². The summed E-state index contributed by atoms with van der Waals surface area (Å²) >= 11 is 0. The van der Waals surface area contributed by atoms with Gasteiger partial charge in [-0.3, -0.25) is 14.5 Å². The molecule has 0 aromatic heterocycles. The second-order valence-corrected chi connectivity index (χ2v) is 3.69. The normalized spacial score (nSPS) is 21.4. The Kier molecular flexibility index (Phi) is 3.44. The van der Waals surface area contributed by atoms with Crippen LogP contribution < -0.4 is 0 Å². The van der Waals surface area contributed by atoms with Gasteiger partial charge in [0, 0.05) is 19.5 Å². The van der Waals surface area contributed by atoms with Crippen molar-refractivity contribution in [2.24, 2.45) is 0 Å². The van der Waals surface area contributed by atoms with Crippen molar-refractivity contribution in [3.8, 4) is 0 Å². The number of Topliss-reactive ketones (excluding diaryl/α,β-unsaturated/α-hetero) is 1. The van der Waals surface area contributed by atoms with E-state index in [4.69, 9.17) is 0 Å². The van der Waals surface area contributed by atoms with Crippen LogP contribution in [0.15, 0.2) is 0 Å². The van der Waals surface area contributed by atoms with Crippen molar-refractivity contribution in [2.45, 2.75) is 33.2 Å². The van der Waals surface area contributed by atoms with Crippen LogP contribution >= 0.6 is 0 Å². The van der Waals surface area contributed by atoms with E-state index < -0.39 is 6.04 Å². The molecule has 1 saturated heterocycles. The second-order valence-electron chi connectivity index (χ2n) is 3.69. The quantitative estimate of drug-likeness (QED) is 0.642. The first-order valence-electron chi connectivity index (χ1n) is 5.10. The highest BCUT2D eigenvalue weighted by Crippen LogP contribution is 2.17. The minimum Gasteiger partial charge on any atom is -0.312 e. The zero-order chi connectivity index (χ0) is 11.6. The smallest absolute Gasteiger partial charge is 0.312 e. The van der Waals surface area contributed by atoms with E-state index in [2.05, 4.69) is 0 Å². The topological polar surface area (TPSA) is 57.7 Å². The van der Waals surface area contributed by atoms with Crippen LogP contribution in [-0.4, -0.2) is 46.7 Å². The van der Waals surface area contributed by atoms with Crippen LogP contribution in [0.2, 0.25) is 0 Å². The third-order valence-electron chi connectivity index (χ3n) is 2.59. The zero-order valence-electron chi connectivity index (χ0n) is 9.32. The van der Waals surface area contributed by atoms with Crippen LogP contribution in [0.3, 0.4) is 0 Å². The van der Waals surface area contributed by atoms with Crippen LogP contribution in [0.1, 0.15) is 27.2 Å². The van der Waals surface area contributed by atoms with Gasteiger partial charge in [0.2, 0.25) is 0 Å². The third kappa shape index (κ3) is 2.16. The van der Waals surface area contributed by atoms with Crippen LogP contribution in [0.4, 0.5) is 4.79 Å². The summed E-state index contributed by atoms with van der Waals surface area (Å²) in [6.45, 7) is 5.65. The van der Waals surface area contributed by atoms with Crippen molar-refractivity contribution in [2.75, 3.05) is 13.1 Å². The molecule has 1 aliphatic heterocycles. The van der Waals surface area contributed by atoms with Crippen molar-refractivity contribution in [1.82, 2.24) is 9.80 Å². The Labute approximate surface area is 89.0 Å². The van der Waals surface area contributed by atoms with Gasteiger partial charge in [0.25, 0.3) is 5.91 Å². The molecule has 3 amide bonds. The molecule has 0 spiro atoms. The highest BCUT2D eigenvalue weighted by molar-refractivity contribution is 6.04. The maximum absolute atomic E-state index is 11.7. The predicted molar refractivity (Wildman–Crippen MR) is 54.2 cm³/mol. The lowest BCUT2D eigenvalue weighted by Gasteiger charge is -2.17. The van der Waals surface area contributed by atoms with Crippen LogP contribution in [0, 0.1) is 0 Å². The number of likely N-dealkylation sites (N-methyl/N-ethyl adjacent to an activating group) is 1. The summed E-state index contributed by atoms with van der Waals surface area (Å²) in [5, 5.41) is 0. The Morgan fingerprint density at radius 1 is 1.40 bits per heavy atom. The summed E-state index contributed by atoms with van der Waals surface area (Å²) in [7, 11) is 0. The van der Waals surface area contributed by atoms with Crippen LogP contribution in [0.5, 0.6) is 0 Å². The van der Waals surface area contributed by atoms with Gasteiger partial charge in [-0.1, -0.05) is 0 Å². The minimum atomic E-state index is -0.434. The molecule has 0 aliphatic carbocycles. The number of hydrogen-bond acceptors (Lipinski definition) is 3. The van der Waals surface area contributed by atoms with Crippen molar-refractivity contribution < 1.29 is 14.4 Å². The molecule has 0 aromatic carbocycles. The number of amides is 3. The number of carbonyl (C=O) groups excluding carboxylic acids is 3. The summed E-state index contributed by atoms with van der Waals surface area (Å²) in [5.74, 6) is -0.150. The third-order valence-corrected chi connectivity index (χ3v) is 2.59. The fourth-order valence-electron chi connectivity index (χ4n) is 1.63. The van der Waals surface area contributed by atoms with E-state index in [1.165, 1.54) is 16.7 Å². The van der Waals surface area contributed by atoms with Crippen LogP contribution in [-0.2, 0) is 9.59 Å². The van der Waals surface area contributed by atoms with Crippen molar-refractivity contribution in [1.29, 1.82) is 0 Å². The van der Waals surface area contributed by atoms with Crippen molar-refractivity contribution in [3.63, 3.8) is 0 Å². The van der Waals surface area contributed by atoms with Crippen molar-refractivity contribution >= 4 is 17.7 Å². The number of rotatable bonds is 4. The van der Waals surface area contributed by atoms with Crippen LogP contribution in [0.25, 0.3) is 0 Å². The Bertz CT molecular complexity index is 301. The molecule has 0 aromatic rings. The molecule has 1 rings (SSSR count). The summed E-state index contributed by atoms with van der Waals surface area (Å²) in [4.78, 5) is 36.7. The van der Waals surface area contributed by atoms with E-state index in [-0.39, 0.29) is 17.7 Å². The first kappa shape index (κ1) is 11.7. The van der Waals surface area contributed by atoms with E-state index in [9.17, 15) is 14.4 Å². The Morgan fingerprint density at radius 3 is 2.40 bits per heavy atom. The average molecular weight is 212 g/mol. The molecule has 1 unspecified atom stereocenters. The number of hydrogen-bond donors (Lipinski definition) is 0. The van der Waals surface area contributed by atoms with Gasteiger partial charge < -0.3 is 4.90 Å². The van der Waals surface area contributed by atoms with Gasteiger partial charge >= 0.3 is 6.03 Å². The molecule has 5 nitrogen and oxygen atoms in total. The first-order chi connectivity index (χ1) is 6.99. The van der Waals surface area contributed by atoms with Crippen molar-refractivity contribution in [3.05, 3.63) is 0 Å². The molecule has 1 atom stereocenters. The SMILES string of the molecule is CCN1C(=O)C(C)N(CCC(C)=O)C1=O. The van der Waals surface area contributed by atoms with E-state index in [0.717, 1.165) is 0 Å². The lowest BCUT2D eigenvalue weighted by atomic mass is 10.2. The molecule has 0 bridgehead atoms. The largest absolute Gasteiger partial charge is 0.327 e. The standard InChI is InChI=1S/C10H16N2O3/c1-4-11-9(14)8(3)12(10(11)15)6-5-7(2)13/h8H,4-6H2,1-3H3. The molecule has 15 heavy (non-hydrogen) atoms. The molecule has 84 valence electrons. The number of nitrogens with zero attached hydrogens (tertiary/aromatic N) is 2. The maximum atomic E-state index is 11.7. The number of urea groups is 1. The van der Waals surface area contributed by atoms with E-state index in [1.54, 1.807) is 13.8 Å². The first-order valence-corrected chi connectivity index (χ1v) is 5.10. The fourth-order valence-corrected chi connectivity index (χ4v) is 1.63. The molecular weight excluding hydrogens is 196 g/mol. The van der Waals surface area contributed by atoms with Gasteiger partial charge in [-0.25, -0.2) is 4.79 Å². The van der Waals surface area contributed by atoms with E-state index in [0.29, 0.717) is 19.5 Å². The van der Waals surface area contributed by atoms with Gasteiger partial charge in [-0.15, -0.1) is 0 Å². The molecule has 0 N–H and O–H groups in total. The van der Waals surface area contributed by atoms with E-state index >= 15 is 0 Å². The Hall–Kier alpha value is -1.39. The fraction of sp³-hybridized carbons (Fsp3) is 0.700. The molecular formula is C10H16N2O3. The number of imide groups is 1. The zero-order valence-corrected chi connectivity index (χ0v) is 9.32. The molecule has 1 aliphatic rings. The van der Waals surface area contributed by atoms with Gasteiger partial charge in [0.1, 0.15) is 11.8 Å². The number of ketones is 1. The second kappa shape index (κ2) is 4.42. The van der Waals surface area contributed by atoms with Gasteiger partial charge in [-0.05, 0) is 20.8 Å². The lowest BCUT2D eigenvalue weighted by molar-refractivity contribution is -0.128. The summed E-state index contributed by atoms with van der Waals surface area (Å²) < 4.78 is 0.